The van der Waals surface area contributed by atoms with Gasteiger partial charge in [0.05, 0.1) is 11.3 Å². The summed E-state index contributed by atoms with van der Waals surface area (Å²) in [6.07, 6.45) is 1.45. The first-order valence-electron chi connectivity index (χ1n) is 7.91. The number of benzene rings is 2. The third-order valence-electron chi connectivity index (χ3n) is 3.93. The fourth-order valence-corrected chi connectivity index (χ4v) is 2.32. The normalized spacial score (nSPS) is 10.4. The number of anilines is 1. The van der Waals surface area contributed by atoms with Crippen LogP contribution in [0.25, 0.3) is 5.69 Å². The highest BCUT2D eigenvalue weighted by atomic mass is 16.5. The summed E-state index contributed by atoms with van der Waals surface area (Å²) in [4.78, 5) is 24.1. The highest BCUT2D eigenvalue weighted by Gasteiger charge is 2.12. The van der Waals surface area contributed by atoms with Crippen molar-refractivity contribution in [3.8, 4) is 5.69 Å². The quantitative estimate of drug-likeness (QED) is 0.707. The SMILES string of the molecule is Cc1cccc(NC(=O)COC(=O)c2ccc(-n3cnnn3)cc2)c1C. The highest BCUT2D eigenvalue weighted by Crippen LogP contribution is 2.17. The number of tetrazole rings is 1. The predicted octanol–water partition coefficient (Wildman–Crippen LogP) is 2.07. The zero-order valence-corrected chi connectivity index (χ0v) is 14.3. The number of amides is 1. The summed E-state index contributed by atoms with van der Waals surface area (Å²) in [6, 6.07) is 12.2. The first-order chi connectivity index (χ1) is 12.5. The number of carbonyl (C=O) groups excluding carboxylic acids is 2. The van der Waals surface area contributed by atoms with Gasteiger partial charge in [-0.25, -0.2) is 9.48 Å². The number of nitrogens with one attached hydrogen (secondary N) is 1. The van der Waals surface area contributed by atoms with Crippen LogP contribution in [-0.2, 0) is 9.53 Å². The van der Waals surface area contributed by atoms with Gasteiger partial charge in [0, 0.05) is 5.69 Å². The van der Waals surface area contributed by atoms with Crippen LogP contribution in [0.15, 0.2) is 48.8 Å². The maximum atomic E-state index is 12.1. The summed E-state index contributed by atoms with van der Waals surface area (Å²) in [6.45, 7) is 3.52. The molecule has 0 saturated carbocycles. The first kappa shape index (κ1) is 17.3. The fourth-order valence-electron chi connectivity index (χ4n) is 2.32. The lowest BCUT2D eigenvalue weighted by Crippen LogP contribution is -2.21. The third kappa shape index (κ3) is 3.92. The first-order valence-corrected chi connectivity index (χ1v) is 7.91. The largest absolute Gasteiger partial charge is 0.452 e. The number of hydrogen-bond donors (Lipinski definition) is 1. The van der Waals surface area contributed by atoms with Crippen molar-refractivity contribution in [1.82, 2.24) is 20.2 Å². The molecule has 1 amide bonds. The Balaban J connectivity index is 1.56. The van der Waals surface area contributed by atoms with E-state index in [0.29, 0.717) is 16.9 Å². The Morgan fingerprint density at radius 1 is 1.12 bits per heavy atom. The third-order valence-corrected chi connectivity index (χ3v) is 3.93. The van der Waals surface area contributed by atoms with Gasteiger partial charge in [-0.2, -0.15) is 0 Å². The Kier molecular flexibility index (Phi) is 5.02. The molecule has 0 unspecified atom stereocenters. The number of ether oxygens (including phenoxy) is 1. The molecule has 0 fully saturated rings. The van der Waals surface area contributed by atoms with E-state index >= 15 is 0 Å². The van der Waals surface area contributed by atoms with Crippen LogP contribution in [0.1, 0.15) is 21.5 Å². The molecule has 2 aromatic carbocycles. The minimum absolute atomic E-state index is 0.335. The van der Waals surface area contributed by atoms with Crippen molar-refractivity contribution >= 4 is 17.6 Å². The molecule has 0 bridgehead atoms. The van der Waals surface area contributed by atoms with E-state index in [1.54, 1.807) is 30.3 Å². The van der Waals surface area contributed by atoms with Crippen LogP contribution in [0.5, 0.6) is 0 Å². The molecule has 0 radical (unpaired) electrons. The van der Waals surface area contributed by atoms with E-state index in [9.17, 15) is 9.59 Å². The van der Waals surface area contributed by atoms with Gasteiger partial charge in [0.2, 0.25) is 0 Å². The van der Waals surface area contributed by atoms with Gasteiger partial charge in [-0.3, -0.25) is 4.79 Å². The molecule has 1 N–H and O–H groups in total. The second-order valence-corrected chi connectivity index (χ2v) is 5.67. The molecule has 8 heteroatoms. The maximum absolute atomic E-state index is 12.1. The predicted molar refractivity (Wildman–Crippen MR) is 94.0 cm³/mol. The molecule has 26 heavy (non-hydrogen) atoms. The Bertz CT molecular complexity index is 921. The van der Waals surface area contributed by atoms with E-state index in [1.807, 2.05) is 26.0 Å². The molecule has 0 atom stereocenters. The number of esters is 1. The number of aromatic nitrogens is 4. The van der Waals surface area contributed by atoms with Gasteiger partial charge in [0.25, 0.3) is 5.91 Å². The lowest BCUT2D eigenvalue weighted by molar-refractivity contribution is -0.119. The van der Waals surface area contributed by atoms with E-state index in [4.69, 9.17) is 4.74 Å². The highest BCUT2D eigenvalue weighted by molar-refractivity contribution is 5.96. The minimum Gasteiger partial charge on any atom is -0.452 e. The van der Waals surface area contributed by atoms with Gasteiger partial charge in [0.1, 0.15) is 6.33 Å². The van der Waals surface area contributed by atoms with E-state index in [0.717, 1.165) is 11.1 Å². The summed E-state index contributed by atoms with van der Waals surface area (Å²) in [7, 11) is 0. The number of carbonyl (C=O) groups is 2. The average molecular weight is 351 g/mol. The van der Waals surface area contributed by atoms with Gasteiger partial charge in [-0.05, 0) is 65.7 Å². The zero-order chi connectivity index (χ0) is 18.5. The van der Waals surface area contributed by atoms with Crippen molar-refractivity contribution in [2.45, 2.75) is 13.8 Å². The summed E-state index contributed by atoms with van der Waals surface area (Å²) in [5.41, 5.74) is 3.80. The second-order valence-electron chi connectivity index (χ2n) is 5.67. The Labute approximate surface area is 149 Å². The molecular formula is C18H17N5O3. The van der Waals surface area contributed by atoms with Gasteiger partial charge < -0.3 is 10.1 Å². The number of hydrogen-bond acceptors (Lipinski definition) is 6. The molecule has 1 aromatic heterocycles. The lowest BCUT2D eigenvalue weighted by Gasteiger charge is -2.10. The van der Waals surface area contributed by atoms with Crippen molar-refractivity contribution in [2.75, 3.05) is 11.9 Å². The topological polar surface area (TPSA) is 99.0 Å². The summed E-state index contributed by atoms with van der Waals surface area (Å²) >= 11 is 0. The minimum atomic E-state index is -0.579. The van der Waals surface area contributed by atoms with E-state index in [-0.39, 0.29) is 6.61 Å². The fraction of sp³-hybridized carbons (Fsp3) is 0.167. The zero-order valence-electron chi connectivity index (χ0n) is 14.3. The number of aryl methyl sites for hydroxylation is 1. The van der Waals surface area contributed by atoms with Crippen LogP contribution in [0.4, 0.5) is 5.69 Å². The Morgan fingerprint density at radius 3 is 2.58 bits per heavy atom. The summed E-state index contributed by atoms with van der Waals surface area (Å²) < 4.78 is 6.53. The lowest BCUT2D eigenvalue weighted by atomic mass is 10.1. The van der Waals surface area contributed by atoms with Gasteiger partial charge in [0.15, 0.2) is 6.61 Å². The molecule has 0 saturated heterocycles. The molecule has 0 aliphatic carbocycles. The molecule has 0 spiro atoms. The molecular weight excluding hydrogens is 334 g/mol. The molecule has 0 aliphatic heterocycles. The van der Waals surface area contributed by atoms with E-state index in [1.165, 1.54) is 11.0 Å². The van der Waals surface area contributed by atoms with Crippen LogP contribution in [0, 0.1) is 13.8 Å². The molecule has 1 heterocycles. The van der Waals surface area contributed by atoms with Crippen LogP contribution in [-0.4, -0.2) is 38.7 Å². The summed E-state index contributed by atoms with van der Waals surface area (Å²) in [5.74, 6) is -0.971. The maximum Gasteiger partial charge on any atom is 0.338 e. The number of rotatable bonds is 5. The Hall–Kier alpha value is -3.55. The van der Waals surface area contributed by atoms with Crippen molar-refractivity contribution in [3.05, 3.63) is 65.5 Å². The van der Waals surface area contributed by atoms with Crippen LogP contribution >= 0.6 is 0 Å². The van der Waals surface area contributed by atoms with Crippen molar-refractivity contribution in [2.24, 2.45) is 0 Å². The monoisotopic (exact) mass is 351 g/mol. The van der Waals surface area contributed by atoms with Gasteiger partial charge in [-0.1, -0.05) is 12.1 Å². The van der Waals surface area contributed by atoms with Crippen LogP contribution < -0.4 is 5.32 Å². The molecule has 132 valence electrons. The average Bonchev–Trinajstić information content (AvgIpc) is 3.18. The van der Waals surface area contributed by atoms with Crippen molar-refractivity contribution < 1.29 is 14.3 Å². The van der Waals surface area contributed by atoms with Crippen LogP contribution in [0.2, 0.25) is 0 Å². The standard InChI is InChI=1S/C18H17N5O3/c1-12-4-3-5-16(13(12)2)20-17(24)10-26-18(25)14-6-8-15(9-7-14)23-11-19-21-22-23/h3-9,11H,10H2,1-2H3,(H,20,24). The van der Waals surface area contributed by atoms with Crippen LogP contribution in [0.3, 0.4) is 0 Å². The molecule has 8 nitrogen and oxygen atoms in total. The number of nitrogens with zero attached hydrogens (tertiary/aromatic N) is 4. The smallest absolute Gasteiger partial charge is 0.338 e. The van der Waals surface area contributed by atoms with E-state index in [2.05, 4.69) is 20.8 Å². The van der Waals surface area contributed by atoms with Crippen molar-refractivity contribution in [1.29, 1.82) is 0 Å². The van der Waals surface area contributed by atoms with Gasteiger partial charge >= 0.3 is 5.97 Å². The molecule has 3 rings (SSSR count). The summed E-state index contributed by atoms with van der Waals surface area (Å²) in [5, 5.41) is 13.6. The Morgan fingerprint density at radius 2 is 1.88 bits per heavy atom. The van der Waals surface area contributed by atoms with Gasteiger partial charge in [-0.15, -0.1) is 5.10 Å². The molecule has 0 aliphatic rings. The van der Waals surface area contributed by atoms with E-state index < -0.39 is 11.9 Å². The second kappa shape index (κ2) is 7.56. The molecule has 3 aromatic rings. The van der Waals surface area contributed by atoms with Crippen molar-refractivity contribution in [3.63, 3.8) is 0 Å².